The first kappa shape index (κ1) is 4.31. The lowest BCUT2D eigenvalue weighted by Gasteiger charge is -1.62. The lowest BCUT2D eigenvalue weighted by Crippen LogP contribution is -1.73. The van der Waals surface area contributed by atoms with Crippen LogP contribution in [-0.4, -0.2) is 12.4 Å². The van der Waals surface area contributed by atoms with E-state index in [1.807, 2.05) is 0 Å². The first-order chi connectivity index (χ1) is 1.91. The van der Waals surface area contributed by atoms with Gasteiger partial charge in [0.15, 0.2) is 0 Å². The smallest absolute Gasteiger partial charge is 0.0921 e. The fourth-order valence-corrected chi connectivity index (χ4v) is 0. The van der Waals surface area contributed by atoms with Crippen LogP contribution in [0.3, 0.4) is 0 Å². The Balaban J connectivity index is 1.97. The lowest BCUT2D eigenvalue weighted by molar-refractivity contribution is 0.215. The molecule has 0 aromatic carbocycles. The minimum Gasteiger partial charge on any atom is -0.236 e. The van der Waals surface area contributed by atoms with E-state index in [0.717, 1.165) is 0 Å². The van der Waals surface area contributed by atoms with Gasteiger partial charge in [0.1, 0.15) is 0 Å². The van der Waals surface area contributed by atoms with E-state index in [-0.39, 0.29) is 6.61 Å². The fourth-order valence-electron chi connectivity index (χ4n) is 0. The highest BCUT2D eigenvalue weighted by Crippen LogP contribution is 1.62. The summed E-state index contributed by atoms with van der Waals surface area (Å²) in [4.78, 5) is 0. The molecule has 2 heteroatoms. The third-order valence-corrected chi connectivity index (χ3v) is 0.250. The Morgan fingerprint density at radius 2 is 2.00 bits per heavy atom. The number of hydrogen-bond acceptors (Lipinski definition) is 0. The maximum atomic E-state index is 9.19. The van der Waals surface area contributed by atoms with Crippen molar-refractivity contribution in [3.8, 4) is 0 Å². The highest BCUT2D eigenvalue weighted by Gasteiger charge is 1.62. The Kier molecular flexibility index (Phi) is 3.57. The van der Waals surface area contributed by atoms with Gasteiger partial charge in [0.05, 0.1) is 6.61 Å². The van der Waals surface area contributed by atoms with E-state index in [9.17, 15) is 5.11 Å². The van der Waals surface area contributed by atoms with Crippen molar-refractivity contribution in [1.82, 2.24) is 0 Å². The van der Waals surface area contributed by atoms with Crippen LogP contribution < -0.4 is 0 Å². The summed E-state index contributed by atoms with van der Waals surface area (Å²) in [7, 11) is 0. The third kappa shape index (κ3) is 2.31. The van der Waals surface area contributed by atoms with Crippen molar-refractivity contribution >= 4 is 12.6 Å². The zero-order chi connectivity index (χ0) is 3.41. The Bertz CT molecular complexity index is 8.00. The van der Waals surface area contributed by atoms with Crippen LogP contribution in [0, 0.1) is 0 Å². The zero-order valence-electron chi connectivity index (χ0n) is 2.23. The van der Waals surface area contributed by atoms with E-state index in [2.05, 4.69) is 12.6 Å². The molecule has 0 aromatic rings. The molecule has 0 heterocycles. The molecule has 24 valence electrons. The van der Waals surface area contributed by atoms with Gasteiger partial charge in [0, 0.05) is 5.75 Å². The molecular formula is C2H4OS. The van der Waals surface area contributed by atoms with E-state index in [4.69, 9.17) is 0 Å². The van der Waals surface area contributed by atoms with Crippen LogP contribution in [0.5, 0.6) is 0 Å². The Morgan fingerprint density at radius 3 is 2.00 bits per heavy atom. The van der Waals surface area contributed by atoms with Gasteiger partial charge in [-0.05, 0) is 0 Å². The molecule has 4 heavy (non-hydrogen) atoms. The van der Waals surface area contributed by atoms with Crippen LogP contribution in [-0.2, 0) is 5.11 Å². The first-order valence-electron chi connectivity index (χ1n) is 1.08. The van der Waals surface area contributed by atoms with Crippen molar-refractivity contribution < 1.29 is 5.11 Å². The van der Waals surface area contributed by atoms with Gasteiger partial charge in [0.2, 0.25) is 0 Å². The number of hydrogen-bond donors (Lipinski definition) is 0. The van der Waals surface area contributed by atoms with Gasteiger partial charge < -0.3 is 0 Å². The molecule has 0 aromatic heterocycles. The van der Waals surface area contributed by atoms with E-state index in [1.54, 1.807) is 0 Å². The third-order valence-electron chi connectivity index (χ3n) is 0.0833. The van der Waals surface area contributed by atoms with E-state index in [0.29, 0.717) is 5.75 Å². The monoisotopic (exact) mass is 76.0 g/mol. The molecule has 0 aliphatic carbocycles. The zero-order valence-corrected chi connectivity index (χ0v) is 3.05. The Hall–Kier alpha value is 0.310. The van der Waals surface area contributed by atoms with Crippen molar-refractivity contribution in [1.29, 1.82) is 0 Å². The van der Waals surface area contributed by atoms with Gasteiger partial charge in [-0.2, -0.15) is 0 Å². The molecule has 0 unspecified atom stereocenters. The summed E-state index contributed by atoms with van der Waals surface area (Å²) in [5.74, 6) is 0.347. The maximum Gasteiger partial charge on any atom is 0.0921 e. The Morgan fingerprint density at radius 1 is 1.75 bits per heavy atom. The molecule has 0 rings (SSSR count). The summed E-state index contributed by atoms with van der Waals surface area (Å²) in [5.41, 5.74) is 0. The largest absolute Gasteiger partial charge is 0.236 e. The van der Waals surface area contributed by atoms with Crippen LogP contribution in [0.25, 0.3) is 0 Å². The minimum atomic E-state index is -0.116. The maximum absolute atomic E-state index is 9.19. The molecule has 0 N–H and O–H groups in total. The van der Waals surface area contributed by atoms with Crippen molar-refractivity contribution in [3.63, 3.8) is 0 Å². The SMILES string of the molecule is [O]CC[S]. The van der Waals surface area contributed by atoms with E-state index >= 15 is 0 Å². The summed E-state index contributed by atoms with van der Waals surface area (Å²) >= 11 is 4.24. The molecule has 1 nitrogen and oxygen atoms in total. The van der Waals surface area contributed by atoms with Gasteiger partial charge >= 0.3 is 0 Å². The predicted octanol–water partition coefficient (Wildman–Crippen LogP) is 0.614. The second-order valence-electron chi connectivity index (χ2n) is 0.408. The van der Waals surface area contributed by atoms with Crippen molar-refractivity contribution in [2.24, 2.45) is 0 Å². The second kappa shape index (κ2) is 3.31. The van der Waals surface area contributed by atoms with Crippen LogP contribution in [0.2, 0.25) is 0 Å². The highest BCUT2D eigenvalue weighted by molar-refractivity contribution is 7.80. The van der Waals surface area contributed by atoms with Crippen molar-refractivity contribution in [2.45, 2.75) is 0 Å². The average Bonchev–Trinajstić information content (AvgIpc) is 1.37. The normalized spacial score (nSPS) is 7.50. The van der Waals surface area contributed by atoms with Crippen LogP contribution in [0.15, 0.2) is 0 Å². The summed E-state index contributed by atoms with van der Waals surface area (Å²) in [6.45, 7) is -0.116. The van der Waals surface area contributed by atoms with Gasteiger partial charge in [-0.3, -0.25) is 0 Å². The predicted molar refractivity (Wildman–Crippen MR) is 18.0 cm³/mol. The molecule has 0 aliphatic rings. The van der Waals surface area contributed by atoms with Gasteiger partial charge in [-0.1, -0.05) is 12.6 Å². The second-order valence-corrected chi connectivity index (χ2v) is 0.816. The van der Waals surface area contributed by atoms with Crippen molar-refractivity contribution in [2.75, 3.05) is 12.4 Å². The van der Waals surface area contributed by atoms with Crippen LogP contribution in [0.1, 0.15) is 0 Å². The van der Waals surface area contributed by atoms with Gasteiger partial charge in [0.25, 0.3) is 0 Å². The molecule has 0 bridgehead atoms. The summed E-state index contributed by atoms with van der Waals surface area (Å²) in [6, 6.07) is 0. The van der Waals surface area contributed by atoms with Gasteiger partial charge in [-0.25, -0.2) is 5.11 Å². The lowest BCUT2D eigenvalue weighted by atomic mass is 10.9. The molecule has 0 fully saturated rings. The summed E-state index contributed by atoms with van der Waals surface area (Å²) < 4.78 is 0. The molecule has 0 amide bonds. The van der Waals surface area contributed by atoms with Crippen molar-refractivity contribution in [3.05, 3.63) is 0 Å². The molecule has 0 spiro atoms. The summed E-state index contributed by atoms with van der Waals surface area (Å²) in [5, 5.41) is 9.19. The van der Waals surface area contributed by atoms with E-state index in [1.165, 1.54) is 0 Å². The van der Waals surface area contributed by atoms with Gasteiger partial charge in [-0.15, -0.1) is 0 Å². The molecule has 0 saturated carbocycles. The van der Waals surface area contributed by atoms with Crippen LogP contribution >= 0.6 is 12.6 Å². The van der Waals surface area contributed by atoms with Crippen LogP contribution in [0.4, 0.5) is 0 Å². The standard InChI is InChI=1S/C2H4OS/c3-1-2-4/h1-2H2. The molecule has 0 saturated heterocycles. The first-order valence-corrected chi connectivity index (χ1v) is 1.65. The van der Waals surface area contributed by atoms with E-state index < -0.39 is 0 Å². The highest BCUT2D eigenvalue weighted by atomic mass is 32.1. The fraction of sp³-hybridized carbons (Fsp3) is 1.00. The minimum absolute atomic E-state index is 0.116. The molecule has 0 atom stereocenters. The topological polar surface area (TPSA) is 19.9 Å². The average molecular weight is 76.1 g/mol. The molecule has 2 radical (unpaired) electrons. The molecular weight excluding hydrogens is 72.1 g/mol. The Labute approximate surface area is 31.1 Å². The quantitative estimate of drug-likeness (QED) is 0.436. The number of rotatable bonds is 1. The summed E-state index contributed by atoms with van der Waals surface area (Å²) in [6.07, 6.45) is 0. The molecule has 0 aliphatic heterocycles.